The molecule has 3 aromatic rings. The van der Waals surface area contributed by atoms with Crippen molar-refractivity contribution in [3.63, 3.8) is 0 Å². The number of carbonyl (C=O) groups is 1. The van der Waals surface area contributed by atoms with Crippen molar-refractivity contribution in [2.45, 2.75) is 23.7 Å². The normalized spacial score (nSPS) is 16.1. The molecule has 5 nitrogen and oxygen atoms in total. The van der Waals surface area contributed by atoms with Gasteiger partial charge in [0.25, 0.3) is 0 Å². The smallest absolute Gasteiger partial charge is 0.175 e. The monoisotopic (exact) mass is 427 g/mol. The molecule has 1 aliphatic heterocycles. The summed E-state index contributed by atoms with van der Waals surface area (Å²) in [6.07, 6.45) is 0. The zero-order valence-electron chi connectivity index (χ0n) is 16.2. The molecular formula is C22H22ClN3O2S. The van der Waals surface area contributed by atoms with Crippen molar-refractivity contribution in [3.8, 4) is 0 Å². The molecule has 0 aliphatic carbocycles. The second-order valence-corrected chi connectivity index (χ2v) is 8.75. The molecule has 29 heavy (non-hydrogen) atoms. The number of aromatic nitrogens is 2. The summed E-state index contributed by atoms with van der Waals surface area (Å²) in [6.45, 7) is 5.82. The Balaban J connectivity index is 1.60. The second-order valence-electron chi connectivity index (χ2n) is 6.99. The van der Waals surface area contributed by atoms with Gasteiger partial charge in [-0.2, -0.15) is 0 Å². The number of morpholine rings is 1. The van der Waals surface area contributed by atoms with E-state index < -0.39 is 0 Å². The molecule has 1 saturated heterocycles. The number of ketones is 1. The van der Waals surface area contributed by atoms with Crippen LogP contribution in [0.5, 0.6) is 0 Å². The van der Waals surface area contributed by atoms with Crippen LogP contribution in [0.25, 0.3) is 10.9 Å². The van der Waals surface area contributed by atoms with Crippen LogP contribution >= 0.6 is 23.4 Å². The van der Waals surface area contributed by atoms with Crippen LogP contribution in [0.4, 0.5) is 0 Å². The van der Waals surface area contributed by atoms with Crippen molar-refractivity contribution in [1.29, 1.82) is 0 Å². The Labute approximate surface area is 179 Å². The minimum absolute atomic E-state index is 0.0370. The van der Waals surface area contributed by atoms with E-state index in [1.165, 1.54) is 11.8 Å². The van der Waals surface area contributed by atoms with Gasteiger partial charge in [0, 0.05) is 29.1 Å². The van der Waals surface area contributed by atoms with E-state index in [9.17, 15) is 4.79 Å². The third-order valence-electron chi connectivity index (χ3n) is 4.85. The Hall–Kier alpha value is -1.99. The number of Topliss-reactive ketones (excluding diaryl/α,β-unsaturated/α-hetero) is 1. The lowest BCUT2D eigenvalue weighted by molar-refractivity contribution is 0.0330. The number of carbonyl (C=O) groups excluding carboxylic acids is 1. The third kappa shape index (κ3) is 4.95. The highest BCUT2D eigenvalue weighted by atomic mass is 35.5. The van der Waals surface area contributed by atoms with Crippen LogP contribution in [-0.2, 0) is 11.3 Å². The van der Waals surface area contributed by atoms with Gasteiger partial charge in [-0.3, -0.25) is 9.69 Å². The molecule has 2 heterocycles. The minimum Gasteiger partial charge on any atom is -0.379 e. The standard InChI is InChI=1S/C22H22ClN3O2S/c1-15(21(27)16-5-4-6-17(23)13-16)29-22-18-7-2-3-8-19(18)24-20(25-22)14-26-9-11-28-12-10-26/h2-8,13,15H,9-12,14H2,1H3/t15-/m1/s1. The average molecular weight is 428 g/mol. The Kier molecular flexibility index (Phi) is 6.45. The first-order chi connectivity index (χ1) is 14.1. The van der Waals surface area contributed by atoms with Crippen molar-refractivity contribution in [3.05, 3.63) is 64.9 Å². The zero-order chi connectivity index (χ0) is 20.2. The number of hydrogen-bond acceptors (Lipinski definition) is 6. The van der Waals surface area contributed by atoms with Gasteiger partial charge in [0.15, 0.2) is 5.78 Å². The van der Waals surface area contributed by atoms with Crippen molar-refractivity contribution in [2.75, 3.05) is 26.3 Å². The van der Waals surface area contributed by atoms with Crippen molar-refractivity contribution < 1.29 is 9.53 Å². The Bertz CT molecular complexity index is 1020. The number of hydrogen-bond donors (Lipinski definition) is 0. The molecule has 7 heteroatoms. The summed E-state index contributed by atoms with van der Waals surface area (Å²) in [5.74, 6) is 0.811. The molecule has 0 bridgehead atoms. The first kappa shape index (κ1) is 20.3. The van der Waals surface area contributed by atoms with E-state index in [0.29, 0.717) is 17.1 Å². The number of fused-ring (bicyclic) bond motifs is 1. The summed E-state index contributed by atoms with van der Waals surface area (Å²) in [7, 11) is 0. The predicted octanol–water partition coefficient (Wildman–Crippen LogP) is 4.48. The number of para-hydroxylation sites is 1. The van der Waals surface area contributed by atoms with Crippen molar-refractivity contribution in [1.82, 2.24) is 14.9 Å². The van der Waals surface area contributed by atoms with Crippen molar-refractivity contribution >= 4 is 40.0 Å². The maximum absolute atomic E-state index is 12.9. The van der Waals surface area contributed by atoms with Gasteiger partial charge < -0.3 is 4.74 Å². The second kappa shape index (κ2) is 9.22. The van der Waals surface area contributed by atoms with Gasteiger partial charge in [-0.1, -0.05) is 53.7 Å². The molecule has 0 amide bonds. The third-order valence-corrected chi connectivity index (χ3v) is 6.19. The maximum atomic E-state index is 12.9. The van der Waals surface area contributed by atoms with E-state index in [-0.39, 0.29) is 11.0 Å². The van der Waals surface area contributed by atoms with Crippen molar-refractivity contribution in [2.24, 2.45) is 0 Å². The average Bonchev–Trinajstić information content (AvgIpc) is 2.74. The van der Waals surface area contributed by atoms with E-state index in [4.69, 9.17) is 26.3 Å². The van der Waals surface area contributed by atoms with E-state index in [1.807, 2.05) is 31.2 Å². The van der Waals surface area contributed by atoms with Crippen LogP contribution in [0.1, 0.15) is 23.1 Å². The number of benzene rings is 2. The molecule has 0 spiro atoms. The lowest BCUT2D eigenvalue weighted by Crippen LogP contribution is -2.36. The summed E-state index contributed by atoms with van der Waals surface area (Å²) < 4.78 is 5.43. The number of thioether (sulfide) groups is 1. The highest BCUT2D eigenvalue weighted by Gasteiger charge is 2.20. The van der Waals surface area contributed by atoms with Crippen LogP contribution in [0.3, 0.4) is 0 Å². The van der Waals surface area contributed by atoms with Gasteiger partial charge in [0.05, 0.1) is 30.5 Å². The van der Waals surface area contributed by atoms with Crippen LogP contribution in [-0.4, -0.2) is 52.2 Å². The zero-order valence-corrected chi connectivity index (χ0v) is 17.7. The van der Waals surface area contributed by atoms with Crippen LogP contribution < -0.4 is 0 Å². The van der Waals surface area contributed by atoms with E-state index >= 15 is 0 Å². The van der Waals surface area contributed by atoms with E-state index in [2.05, 4.69) is 4.90 Å². The fourth-order valence-corrected chi connectivity index (χ4v) is 4.54. The van der Waals surface area contributed by atoms with E-state index in [0.717, 1.165) is 48.1 Å². The first-order valence-electron chi connectivity index (χ1n) is 9.62. The fourth-order valence-electron chi connectivity index (χ4n) is 3.31. The van der Waals surface area contributed by atoms with Gasteiger partial charge in [-0.25, -0.2) is 9.97 Å². The molecule has 2 aromatic carbocycles. The molecule has 0 N–H and O–H groups in total. The van der Waals surface area contributed by atoms with E-state index in [1.54, 1.807) is 24.3 Å². The lowest BCUT2D eigenvalue weighted by Gasteiger charge is -2.26. The molecule has 4 rings (SSSR count). The minimum atomic E-state index is -0.289. The molecule has 1 atom stereocenters. The topological polar surface area (TPSA) is 55.3 Å². The number of ether oxygens (including phenoxy) is 1. The van der Waals surface area contributed by atoms with Gasteiger partial charge in [-0.05, 0) is 25.1 Å². The highest BCUT2D eigenvalue weighted by Crippen LogP contribution is 2.30. The molecular weight excluding hydrogens is 406 g/mol. The summed E-state index contributed by atoms with van der Waals surface area (Å²) >= 11 is 7.52. The molecule has 0 radical (unpaired) electrons. The lowest BCUT2D eigenvalue weighted by atomic mass is 10.1. The summed E-state index contributed by atoms with van der Waals surface area (Å²) in [5.41, 5.74) is 1.51. The maximum Gasteiger partial charge on any atom is 0.175 e. The summed E-state index contributed by atoms with van der Waals surface area (Å²) in [5, 5.41) is 2.08. The Morgan fingerprint density at radius 1 is 1.17 bits per heavy atom. The summed E-state index contributed by atoms with van der Waals surface area (Å²) in [4.78, 5) is 24.8. The fraction of sp³-hybridized carbons (Fsp3) is 0.318. The molecule has 1 fully saturated rings. The Morgan fingerprint density at radius 3 is 2.76 bits per heavy atom. The quantitative estimate of drug-likeness (QED) is 0.328. The predicted molar refractivity (Wildman–Crippen MR) is 117 cm³/mol. The van der Waals surface area contributed by atoms with Crippen LogP contribution in [0.2, 0.25) is 5.02 Å². The van der Waals surface area contributed by atoms with Gasteiger partial charge >= 0.3 is 0 Å². The molecule has 150 valence electrons. The first-order valence-corrected chi connectivity index (χ1v) is 10.9. The largest absolute Gasteiger partial charge is 0.379 e. The number of nitrogens with zero attached hydrogens (tertiary/aromatic N) is 3. The van der Waals surface area contributed by atoms with Gasteiger partial charge in [-0.15, -0.1) is 0 Å². The molecule has 1 aliphatic rings. The number of rotatable bonds is 6. The molecule has 0 unspecified atom stereocenters. The number of halogens is 1. The summed E-state index contributed by atoms with van der Waals surface area (Å²) in [6, 6.07) is 15.0. The molecule has 0 saturated carbocycles. The SMILES string of the molecule is C[C@@H](Sc1nc(CN2CCOCC2)nc2ccccc12)C(=O)c1cccc(Cl)c1. The van der Waals surface area contributed by atoms with Gasteiger partial charge in [0.1, 0.15) is 10.9 Å². The van der Waals surface area contributed by atoms with Crippen LogP contribution in [0.15, 0.2) is 53.6 Å². The van der Waals surface area contributed by atoms with Gasteiger partial charge in [0.2, 0.25) is 0 Å². The highest BCUT2D eigenvalue weighted by molar-refractivity contribution is 8.00. The van der Waals surface area contributed by atoms with Crippen LogP contribution in [0, 0.1) is 0 Å². The Morgan fingerprint density at radius 2 is 1.97 bits per heavy atom. The molecule has 1 aromatic heterocycles.